The highest BCUT2D eigenvalue weighted by Gasteiger charge is 2.17. The predicted octanol–water partition coefficient (Wildman–Crippen LogP) is 0.704. The van der Waals surface area contributed by atoms with E-state index in [2.05, 4.69) is 25.5 Å². The molecule has 2 aromatic heterocycles. The Kier molecular flexibility index (Phi) is 4.20. The Hall–Kier alpha value is -2.28. The maximum absolute atomic E-state index is 11.8. The van der Waals surface area contributed by atoms with Gasteiger partial charge in [-0.3, -0.25) is 14.9 Å². The lowest BCUT2D eigenvalue weighted by Crippen LogP contribution is -2.33. The number of aromatic amines is 1. The van der Waals surface area contributed by atoms with Gasteiger partial charge in [0, 0.05) is 19.3 Å². The summed E-state index contributed by atoms with van der Waals surface area (Å²) >= 11 is 0. The smallest absolute Gasteiger partial charge is 0.227 e. The van der Waals surface area contributed by atoms with Gasteiger partial charge in [0.25, 0.3) is 0 Å². The van der Waals surface area contributed by atoms with Gasteiger partial charge in [-0.1, -0.05) is 6.07 Å². The van der Waals surface area contributed by atoms with Crippen molar-refractivity contribution in [1.82, 2.24) is 25.5 Å². The van der Waals surface area contributed by atoms with E-state index in [9.17, 15) is 4.79 Å². The fourth-order valence-electron chi connectivity index (χ4n) is 2.23. The van der Waals surface area contributed by atoms with E-state index < -0.39 is 0 Å². The van der Waals surface area contributed by atoms with Crippen LogP contribution in [0.1, 0.15) is 18.7 Å². The average molecular weight is 287 g/mol. The first-order valence-corrected chi connectivity index (χ1v) is 7.02. The molecule has 21 heavy (non-hydrogen) atoms. The van der Waals surface area contributed by atoms with Gasteiger partial charge in [-0.2, -0.15) is 5.10 Å². The molecule has 1 saturated heterocycles. The normalized spacial score (nSPS) is 17.8. The number of hydrogen-bond donors (Lipinski definition) is 2. The molecule has 0 aliphatic carbocycles. The fourth-order valence-corrected chi connectivity index (χ4v) is 2.23. The minimum Gasteiger partial charge on any atom is -0.376 e. The molecule has 0 bridgehead atoms. The Morgan fingerprint density at radius 3 is 3.19 bits per heavy atom. The number of H-pyrrole nitrogens is 1. The molecule has 3 rings (SSSR count). The van der Waals surface area contributed by atoms with Gasteiger partial charge in [-0.15, -0.1) is 0 Å². The Balaban J connectivity index is 1.53. The number of amides is 1. The summed E-state index contributed by atoms with van der Waals surface area (Å²) in [6.45, 7) is 1.34. The molecule has 0 radical (unpaired) electrons. The van der Waals surface area contributed by atoms with Gasteiger partial charge in [-0.05, 0) is 25.0 Å². The Bertz CT molecular complexity index is 592. The molecule has 1 aliphatic rings. The third-order valence-electron chi connectivity index (χ3n) is 3.30. The minimum atomic E-state index is -0.0887. The number of hydrogen-bond acceptors (Lipinski definition) is 5. The highest BCUT2D eigenvalue weighted by atomic mass is 16.5. The summed E-state index contributed by atoms with van der Waals surface area (Å²) in [5.74, 6) is 0.937. The quantitative estimate of drug-likeness (QED) is 0.844. The number of nitrogens with zero attached hydrogens (tertiary/aromatic N) is 3. The summed E-state index contributed by atoms with van der Waals surface area (Å²) in [7, 11) is 0. The first kappa shape index (κ1) is 13.7. The van der Waals surface area contributed by atoms with Crippen molar-refractivity contribution in [2.24, 2.45) is 0 Å². The fraction of sp³-hybridized carbons (Fsp3) is 0.429. The van der Waals surface area contributed by atoms with Crippen molar-refractivity contribution in [1.29, 1.82) is 0 Å². The number of ether oxygens (including phenoxy) is 1. The largest absolute Gasteiger partial charge is 0.376 e. The van der Waals surface area contributed by atoms with Crippen molar-refractivity contribution in [3.05, 3.63) is 30.2 Å². The molecular formula is C14H17N5O2. The minimum absolute atomic E-state index is 0.0887. The van der Waals surface area contributed by atoms with E-state index in [0.29, 0.717) is 23.9 Å². The second kappa shape index (κ2) is 6.45. The van der Waals surface area contributed by atoms with E-state index in [1.807, 2.05) is 18.2 Å². The lowest BCUT2D eigenvalue weighted by Gasteiger charge is -2.09. The van der Waals surface area contributed by atoms with E-state index in [4.69, 9.17) is 4.74 Å². The molecule has 2 N–H and O–H groups in total. The van der Waals surface area contributed by atoms with Crippen molar-refractivity contribution in [2.75, 3.05) is 13.2 Å². The summed E-state index contributed by atoms with van der Waals surface area (Å²) in [4.78, 5) is 20.3. The number of carbonyl (C=O) groups is 1. The summed E-state index contributed by atoms with van der Waals surface area (Å²) in [6.07, 6.45) is 4.07. The van der Waals surface area contributed by atoms with Gasteiger partial charge in [0.15, 0.2) is 5.82 Å². The topological polar surface area (TPSA) is 92.8 Å². The van der Waals surface area contributed by atoms with Crippen LogP contribution in [0.15, 0.2) is 24.4 Å². The second-order valence-electron chi connectivity index (χ2n) is 4.94. The average Bonchev–Trinajstić information content (AvgIpc) is 3.17. The van der Waals surface area contributed by atoms with Gasteiger partial charge in [-0.25, -0.2) is 4.98 Å². The van der Waals surface area contributed by atoms with Crippen LogP contribution in [0.25, 0.3) is 11.5 Å². The van der Waals surface area contributed by atoms with E-state index >= 15 is 0 Å². The summed E-state index contributed by atoms with van der Waals surface area (Å²) in [6, 6.07) is 5.52. The number of rotatable bonds is 5. The van der Waals surface area contributed by atoms with Crippen LogP contribution >= 0.6 is 0 Å². The molecule has 1 atom stereocenters. The van der Waals surface area contributed by atoms with Crippen molar-refractivity contribution >= 4 is 5.91 Å². The lowest BCUT2D eigenvalue weighted by molar-refractivity contribution is -0.121. The predicted molar refractivity (Wildman–Crippen MR) is 75.3 cm³/mol. The first-order valence-electron chi connectivity index (χ1n) is 7.02. The first-order chi connectivity index (χ1) is 10.3. The van der Waals surface area contributed by atoms with Gasteiger partial charge in [0.2, 0.25) is 5.91 Å². The second-order valence-corrected chi connectivity index (χ2v) is 4.94. The van der Waals surface area contributed by atoms with Crippen molar-refractivity contribution in [3.8, 4) is 11.5 Å². The van der Waals surface area contributed by atoms with Crippen molar-refractivity contribution < 1.29 is 9.53 Å². The molecule has 3 heterocycles. The van der Waals surface area contributed by atoms with Crippen LogP contribution in [0.5, 0.6) is 0 Å². The zero-order valence-corrected chi connectivity index (χ0v) is 11.6. The van der Waals surface area contributed by atoms with Crippen molar-refractivity contribution in [2.45, 2.75) is 25.4 Å². The SMILES string of the molecule is O=C(Cc1nc(-c2ccccn2)n[nH]1)NC[C@@H]1CCCO1. The zero-order chi connectivity index (χ0) is 14.5. The van der Waals surface area contributed by atoms with Gasteiger partial charge >= 0.3 is 0 Å². The summed E-state index contributed by atoms with van der Waals surface area (Å²) in [5, 5.41) is 9.70. The number of aromatic nitrogens is 4. The van der Waals surface area contributed by atoms with Gasteiger partial charge < -0.3 is 10.1 Å². The van der Waals surface area contributed by atoms with Crippen LogP contribution in [-0.2, 0) is 16.0 Å². The summed E-state index contributed by atoms with van der Waals surface area (Å²) < 4.78 is 5.46. The third kappa shape index (κ3) is 3.63. The lowest BCUT2D eigenvalue weighted by atomic mass is 10.2. The van der Waals surface area contributed by atoms with Crippen LogP contribution in [0, 0.1) is 0 Å². The molecule has 1 amide bonds. The molecular weight excluding hydrogens is 270 g/mol. The number of pyridine rings is 1. The van der Waals surface area contributed by atoms with E-state index in [0.717, 1.165) is 19.4 Å². The molecule has 0 saturated carbocycles. The summed E-state index contributed by atoms with van der Waals surface area (Å²) in [5.41, 5.74) is 0.680. The molecule has 7 nitrogen and oxygen atoms in total. The highest BCUT2D eigenvalue weighted by Crippen LogP contribution is 2.11. The molecule has 2 aromatic rings. The Morgan fingerprint density at radius 1 is 1.48 bits per heavy atom. The van der Waals surface area contributed by atoms with Crippen LogP contribution < -0.4 is 5.32 Å². The van der Waals surface area contributed by atoms with Crippen LogP contribution in [0.4, 0.5) is 0 Å². The molecule has 1 fully saturated rings. The molecule has 0 aromatic carbocycles. The number of nitrogens with one attached hydrogen (secondary N) is 2. The van der Waals surface area contributed by atoms with E-state index in [1.165, 1.54) is 0 Å². The van der Waals surface area contributed by atoms with Gasteiger partial charge in [0.1, 0.15) is 11.5 Å². The maximum Gasteiger partial charge on any atom is 0.227 e. The van der Waals surface area contributed by atoms with Crippen LogP contribution in [0.2, 0.25) is 0 Å². The van der Waals surface area contributed by atoms with Crippen LogP contribution in [-0.4, -0.2) is 45.3 Å². The van der Waals surface area contributed by atoms with E-state index in [1.54, 1.807) is 6.20 Å². The third-order valence-corrected chi connectivity index (χ3v) is 3.30. The number of carbonyl (C=O) groups excluding carboxylic acids is 1. The van der Waals surface area contributed by atoms with Crippen molar-refractivity contribution in [3.63, 3.8) is 0 Å². The van der Waals surface area contributed by atoms with Gasteiger partial charge in [0.05, 0.1) is 12.5 Å². The highest BCUT2D eigenvalue weighted by molar-refractivity contribution is 5.77. The molecule has 7 heteroatoms. The monoisotopic (exact) mass is 287 g/mol. The molecule has 110 valence electrons. The zero-order valence-electron chi connectivity index (χ0n) is 11.6. The maximum atomic E-state index is 11.8. The Labute approximate surface area is 122 Å². The molecule has 0 spiro atoms. The Morgan fingerprint density at radius 2 is 2.43 bits per heavy atom. The van der Waals surface area contributed by atoms with E-state index in [-0.39, 0.29) is 18.4 Å². The molecule has 1 aliphatic heterocycles. The van der Waals surface area contributed by atoms with Crippen LogP contribution in [0.3, 0.4) is 0 Å². The standard InChI is InChI=1S/C14H17N5O2/c20-13(16-9-10-4-3-7-21-10)8-12-17-14(19-18-12)11-5-1-2-6-15-11/h1-2,5-6,10H,3-4,7-9H2,(H,16,20)(H,17,18,19)/t10-/m0/s1. The molecule has 0 unspecified atom stereocenters.